The molecule has 23 heavy (non-hydrogen) atoms. The smallest absolute Gasteiger partial charge is 0.287 e. The summed E-state index contributed by atoms with van der Waals surface area (Å²) >= 11 is 5.80. The van der Waals surface area contributed by atoms with E-state index in [1.54, 1.807) is 24.3 Å². The van der Waals surface area contributed by atoms with Gasteiger partial charge in [0, 0.05) is 10.7 Å². The van der Waals surface area contributed by atoms with Crippen LogP contribution in [0.2, 0.25) is 5.02 Å². The maximum atomic E-state index is 12.0. The average Bonchev–Trinajstić information content (AvgIpc) is 2.96. The van der Waals surface area contributed by atoms with Gasteiger partial charge in [0.2, 0.25) is 5.71 Å². The van der Waals surface area contributed by atoms with Gasteiger partial charge in [0.15, 0.2) is 5.82 Å². The van der Waals surface area contributed by atoms with E-state index < -0.39 is 17.5 Å². The van der Waals surface area contributed by atoms with Crippen molar-refractivity contribution in [3.05, 3.63) is 41.3 Å². The Morgan fingerprint density at radius 1 is 1.43 bits per heavy atom. The van der Waals surface area contributed by atoms with Gasteiger partial charge in [-0.3, -0.25) is 15.0 Å². The van der Waals surface area contributed by atoms with Crippen molar-refractivity contribution in [1.82, 2.24) is 9.97 Å². The van der Waals surface area contributed by atoms with E-state index in [0.29, 0.717) is 10.7 Å². The Morgan fingerprint density at radius 2 is 2.22 bits per heavy atom. The predicted octanol–water partition coefficient (Wildman–Crippen LogP) is 1.09. The molecule has 0 unspecified atom stereocenters. The third-order valence-electron chi connectivity index (χ3n) is 2.56. The fourth-order valence-electron chi connectivity index (χ4n) is 1.56. The molecule has 0 aliphatic heterocycles. The Labute approximate surface area is 135 Å². The van der Waals surface area contributed by atoms with Crippen molar-refractivity contribution in [2.75, 3.05) is 10.7 Å². The lowest BCUT2D eigenvalue weighted by Gasteiger charge is -2.04. The maximum absolute atomic E-state index is 12.0. The molecule has 2 aromatic rings. The SMILES string of the molecule is N#C/C(=N/Nc1nc[nH]c1C(N)=O)C(=O)Nc1cccc(Cl)c1. The van der Waals surface area contributed by atoms with Gasteiger partial charge in [-0.2, -0.15) is 10.4 Å². The molecule has 0 radical (unpaired) electrons. The molecule has 5 N–H and O–H groups in total. The van der Waals surface area contributed by atoms with Crippen molar-refractivity contribution in [2.24, 2.45) is 10.8 Å². The molecule has 0 saturated carbocycles. The molecule has 0 fully saturated rings. The van der Waals surface area contributed by atoms with E-state index in [-0.39, 0.29) is 11.5 Å². The number of aromatic nitrogens is 2. The Morgan fingerprint density at radius 3 is 2.87 bits per heavy atom. The Hall–Kier alpha value is -3.38. The number of primary amides is 1. The first-order chi connectivity index (χ1) is 11.0. The van der Waals surface area contributed by atoms with Gasteiger partial charge < -0.3 is 16.0 Å². The van der Waals surface area contributed by atoms with Gasteiger partial charge in [-0.05, 0) is 18.2 Å². The number of amides is 2. The van der Waals surface area contributed by atoms with Crippen molar-refractivity contribution in [2.45, 2.75) is 0 Å². The summed E-state index contributed by atoms with van der Waals surface area (Å²) < 4.78 is 0. The van der Waals surface area contributed by atoms with E-state index in [9.17, 15) is 9.59 Å². The lowest BCUT2D eigenvalue weighted by molar-refractivity contribution is -0.110. The van der Waals surface area contributed by atoms with Crippen LogP contribution < -0.4 is 16.5 Å². The topological polar surface area (TPSA) is 149 Å². The van der Waals surface area contributed by atoms with Crippen molar-refractivity contribution in [3.8, 4) is 6.07 Å². The highest BCUT2D eigenvalue weighted by Crippen LogP contribution is 2.15. The van der Waals surface area contributed by atoms with Gasteiger partial charge in [0.05, 0.1) is 6.33 Å². The molecular weight excluding hydrogens is 322 g/mol. The molecular formula is C13H10ClN7O2. The number of aromatic amines is 1. The van der Waals surface area contributed by atoms with Crippen molar-refractivity contribution >= 4 is 40.6 Å². The molecule has 0 atom stereocenters. The number of carbonyl (C=O) groups excluding carboxylic acids is 2. The zero-order valence-corrected chi connectivity index (χ0v) is 12.3. The number of nitrogens with two attached hydrogens (primary N) is 1. The zero-order chi connectivity index (χ0) is 16.8. The summed E-state index contributed by atoms with van der Waals surface area (Å²) in [7, 11) is 0. The van der Waals surface area contributed by atoms with E-state index in [1.165, 1.54) is 12.4 Å². The Bertz CT molecular complexity index is 822. The van der Waals surface area contributed by atoms with E-state index in [1.807, 2.05) is 0 Å². The molecule has 116 valence electrons. The summed E-state index contributed by atoms with van der Waals surface area (Å²) in [6, 6.07) is 8.03. The highest BCUT2D eigenvalue weighted by atomic mass is 35.5. The van der Waals surface area contributed by atoms with Crippen LogP contribution in [0.1, 0.15) is 10.5 Å². The molecule has 0 aliphatic rings. The number of H-pyrrole nitrogens is 1. The fourth-order valence-corrected chi connectivity index (χ4v) is 1.75. The van der Waals surface area contributed by atoms with Crippen LogP contribution in [0.3, 0.4) is 0 Å². The fraction of sp³-hybridized carbons (Fsp3) is 0. The number of benzene rings is 1. The monoisotopic (exact) mass is 331 g/mol. The molecule has 0 saturated heterocycles. The zero-order valence-electron chi connectivity index (χ0n) is 11.5. The third-order valence-corrected chi connectivity index (χ3v) is 2.80. The minimum absolute atomic E-state index is 0.000746. The minimum Gasteiger partial charge on any atom is -0.364 e. The van der Waals surface area contributed by atoms with Gasteiger partial charge in [0.1, 0.15) is 11.8 Å². The lowest BCUT2D eigenvalue weighted by atomic mass is 10.3. The molecule has 1 heterocycles. The first kappa shape index (κ1) is 16.0. The Balaban J connectivity index is 2.12. The number of hydrogen-bond donors (Lipinski definition) is 4. The number of nitrogens with one attached hydrogen (secondary N) is 3. The summed E-state index contributed by atoms with van der Waals surface area (Å²) in [5, 5.41) is 15.5. The van der Waals surface area contributed by atoms with E-state index in [2.05, 4.69) is 25.8 Å². The summed E-state index contributed by atoms with van der Waals surface area (Å²) in [6.07, 6.45) is 1.22. The normalized spacial score (nSPS) is 10.7. The van der Waals surface area contributed by atoms with Crippen LogP contribution in [0.25, 0.3) is 0 Å². The van der Waals surface area contributed by atoms with Gasteiger partial charge in [-0.1, -0.05) is 17.7 Å². The molecule has 9 nitrogen and oxygen atoms in total. The van der Waals surface area contributed by atoms with Crippen LogP contribution in [0, 0.1) is 11.3 Å². The van der Waals surface area contributed by atoms with E-state index in [0.717, 1.165) is 0 Å². The maximum Gasteiger partial charge on any atom is 0.287 e. The third kappa shape index (κ3) is 4.05. The van der Waals surface area contributed by atoms with Crippen LogP contribution in [-0.4, -0.2) is 27.5 Å². The van der Waals surface area contributed by atoms with Crippen LogP contribution in [0.5, 0.6) is 0 Å². The van der Waals surface area contributed by atoms with E-state index >= 15 is 0 Å². The first-order valence-corrected chi connectivity index (χ1v) is 6.53. The molecule has 0 bridgehead atoms. The predicted molar refractivity (Wildman–Crippen MR) is 83.9 cm³/mol. The lowest BCUT2D eigenvalue weighted by Crippen LogP contribution is -2.23. The van der Waals surface area contributed by atoms with Crippen LogP contribution in [0.4, 0.5) is 11.5 Å². The van der Waals surface area contributed by atoms with Crippen molar-refractivity contribution in [1.29, 1.82) is 5.26 Å². The number of hydrazone groups is 1. The van der Waals surface area contributed by atoms with E-state index in [4.69, 9.17) is 22.6 Å². The first-order valence-electron chi connectivity index (χ1n) is 6.15. The number of rotatable bonds is 5. The van der Waals surface area contributed by atoms with Gasteiger partial charge >= 0.3 is 0 Å². The summed E-state index contributed by atoms with van der Waals surface area (Å²) in [5.74, 6) is -1.51. The highest BCUT2D eigenvalue weighted by Gasteiger charge is 2.14. The second-order valence-electron chi connectivity index (χ2n) is 4.14. The number of carbonyl (C=O) groups is 2. The average molecular weight is 332 g/mol. The molecule has 2 rings (SSSR count). The molecule has 0 spiro atoms. The van der Waals surface area contributed by atoms with Gasteiger partial charge in [0.25, 0.3) is 11.8 Å². The number of halogens is 1. The molecule has 10 heteroatoms. The minimum atomic E-state index is -0.762. The number of hydrogen-bond acceptors (Lipinski definition) is 6. The largest absolute Gasteiger partial charge is 0.364 e. The number of nitriles is 1. The quantitative estimate of drug-likeness (QED) is 0.478. The number of anilines is 2. The van der Waals surface area contributed by atoms with Crippen molar-refractivity contribution in [3.63, 3.8) is 0 Å². The second kappa shape index (κ2) is 7.06. The highest BCUT2D eigenvalue weighted by molar-refractivity contribution is 6.48. The summed E-state index contributed by atoms with van der Waals surface area (Å²) in [6.45, 7) is 0. The summed E-state index contributed by atoms with van der Waals surface area (Å²) in [4.78, 5) is 29.3. The van der Waals surface area contributed by atoms with Crippen molar-refractivity contribution < 1.29 is 9.59 Å². The van der Waals surface area contributed by atoms with Crippen LogP contribution in [-0.2, 0) is 4.79 Å². The van der Waals surface area contributed by atoms with Crippen LogP contribution in [0.15, 0.2) is 35.7 Å². The molecule has 1 aromatic heterocycles. The molecule has 0 aliphatic carbocycles. The molecule has 1 aromatic carbocycles. The summed E-state index contributed by atoms with van der Waals surface area (Å²) in [5.41, 5.74) is 7.37. The molecule has 2 amide bonds. The van der Waals surface area contributed by atoms with Gasteiger partial charge in [-0.25, -0.2) is 4.98 Å². The van der Waals surface area contributed by atoms with Gasteiger partial charge in [-0.15, -0.1) is 0 Å². The number of imidazole rings is 1. The number of nitrogens with zero attached hydrogens (tertiary/aromatic N) is 3. The standard InChI is InChI=1S/C13H10ClN7O2/c14-7-2-1-3-8(4-7)19-13(23)9(5-15)20-21-12-10(11(16)22)17-6-18-12/h1-4,6,21H,(H2,16,22)(H,17,18)(H,19,23)/b20-9-. The van der Waals surface area contributed by atoms with Crippen LogP contribution >= 0.6 is 11.6 Å². The second-order valence-corrected chi connectivity index (χ2v) is 4.58. The Kier molecular flexibility index (Phi) is 4.91.